The summed E-state index contributed by atoms with van der Waals surface area (Å²) in [6.45, 7) is 7.57. The largest absolute Gasteiger partial charge is 0.358 e. The summed E-state index contributed by atoms with van der Waals surface area (Å²) in [7, 11) is 1.57. The van der Waals surface area contributed by atoms with Crippen LogP contribution in [0.15, 0.2) is 0 Å². The lowest BCUT2D eigenvalue weighted by molar-refractivity contribution is -0.124. The third kappa shape index (κ3) is 9.43. The molecule has 0 rings (SSSR count). The quantitative estimate of drug-likeness (QED) is 0.598. The predicted octanol–water partition coefficient (Wildman–Crippen LogP) is 0.886. The summed E-state index contributed by atoms with van der Waals surface area (Å²) in [4.78, 5) is 10.6. The van der Waals surface area contributed by atoms with E-state index in [1.807, 2.05) is 0 Å². The van der Waals surface area contributed by atoms with Crippen molar-refractivity contribution in [2.24, 2.45) is 5.73 Å². The molecule has 0 heterocycles. The Hall–Kier alpha value is -0.570. The average molecular weight is 160 g/mol. The second-order valence-corrected chi connectivity index (χ2v) is 3.01. The second-order valence-electron chi connectivity index (χ2n) is 3.01. The first-order valence-corrected chi connectivity index (χ1v) is 3.91. The standard InChI is InChI=1S/C5H12N2O.C3H8/c1-5(2,6)4(8)7-3;1-3-2/h6H2,1-3H3,(H,7,8);3H2,1-2H3. The lowest BCUT2D eigenvalue weighted by Gasteiger charge is -2.14. The predicted molar refractivity (Wildman–Crippen MR) is 48.3 cm³/mol. The summed E-state index contributed by atoms with van der Waals surface area (Å²) in [5.74, 6) is -0.141. The first kappa shape index (κ1) is 13.1. The minimum atomic E-state index is -0.741. The number of rotatable bonds is 1. The molecule has 0 aromatic heterocycles. The number of likely N-dealkylation sites (N-methyl/N-ethyl adjacent to an activating group) is 1. The van der Waals surface area contributed by atoms with Crippen molar-refractivity contribution in [1.82, 2.24) is 5.32 Å². The van der Waals surface area contributed by atoms with Crippen LogP contribution >= 0.6 is 0 Å². The minimum Gasteiger partial charge on any atom is -0.358 e. The van der Waals surface area contributed by atoms with Crippen molar-refractivity contribution in [1.29, 1.82) is 0 Å². The number of carbonyl (C=O) groups is 1. The highest BCUT2D eigenvalue weighted by atomic mass is 16.2. The Kier molecular flexibility index (Phi) is 7.31. The van der Waals surface area contributed by atoms with E-state index in [1.165, 1.54) is 6.42 Å². The van der Waals surface area contributed by atoms with Crippen molar-refractivity contribution in [2.45, 2.75) is 39.7 Å². The van der Waals surface area contributed by atoms with Gasteiger partial charge < -0.3 is 11.1 Å². The van der Waals surface area contributed by atoms with Gasteiger partial charge in [-0.15, -0.1) is 0 Å². The number of nitrogens with two attached hydrogens (primary N) is 1. The van der Waals surface area contributed by atoms with Gasteiger partial charge in [0.1, 0.15) is 0 Å². The van der Waals surface area contributed by atoms with E-state index in [9.17, 15) is 4.79 Å². The van der Waals surface area contributed by atoms with Gasteiger partial charge in [0.15, 0.2) is 0 Å². The number of hydrogen-bond acceptors (Lipinski definition) is 2. The van der Waals surface area contributed by atoms with Crippen LogP contribution in [-0.2, 0) is 4.79 Å². The molecule has 0 aliphatic rings. The summed E-state index contributed by atoms with van der Waals surface area (Å²) in [6.07, 6.45) is 1.25. The third-order valence-corrected chi connectivity index (χ3v) is 0.812. The van der Waals surface area contributed by atoms with Crippen molar-refractivity contribution >= 4 is 5.91 Å². The maximum Gasteiger partial charge on any atom is 0.239 e. The zero-order valence-corrected chi connectivity index (χ0v) is 8.19. The van der Waals surface area contributed by atoms with E-state index in [0.29, 0.717) is 0 Å². The van der Waals surface area contributed by atoms with Crippen molar-refractivity contribution in [3.8, 4) is 0 Å². The molecule has 0 fully saturated rings. The molecular weight excluding hydrogens is 140 g/mol. The molecule has 0 aliphatic carbocycles. The Bertz CT molecular complexity index is 105. The lowest BCUT2D eigenvalue weighted by Crippen LogP contribution is -2.47. The van der Waals surface area contributed by atoms with Crippen LogP contribution in [0.5, 0.6) is 0 Å². The Balaban J connectivity index is 0. The van der Waals surface area contributed by atoms with Crippen molar-refractivity contribution < 1.29 is 4.79 Å². The summed E-state index contributed by atoms with van der Waals surface area (Å²) in [5.41, 5.74) is 4.64. The van der Waals surface area contributed by atoms with E-state index in [2.05, 4.69) is 19.2 Å². The van der Waals surface area contributed by atoms with Gasteiger partial charge >= 0.3 is 0 Å². The minimum absolute atomic E-state index is 0.141. The second kappa shape index (κ2) is 6.16. The highest BCUT2D eigenvalue weighted by Gasteiger charge is 2.19. The van der Waals surface area contributed by atoms with Gasteiger partial charge in [0.2, 0.25) is 5.91 Å². The van der Waals surface area contributed by atoms with E-state index in [-0.39, 0.29) is 5.91 Å². The molecule has 0 saturated heterocycles. The van der Waals surface area contributed by atoms with Gasteiger partial charge in [-0.1, -0.05) is 20.3 Å². The van der Waals surface area contributed by atoms with Crippen molar-refractivity contribution in [3.05, 3.63) is 0 Å². The van der Waals surface area contributed by atoms with Crippen LogP contribution in [0.4, 0.5) is 0 Å². The highest BCUT2D eigenvalue weighted by Crippen LogP contribution is 1.93. The Morgan fingerprint density at radius 1 is 1.45 bits per heavy atom. The van der Waals surface area contributed by atoms with Crippen LogP contribution in [-0.4, -0.2) is 18.5 Å². The van der Waals surface area contributed by atoms with E-state index in [1.54, 1.807) is 20.9 Å². The molecule has 0 aromatic carbocycles. The van der Waals surface area contributed by atoms with Crippen LogP contribution in [0.1, 0.15) is 34.1 Å². The molecule has 3 nitrogen and oxygen atoms in total. The third-order valence-electron chi connectivity index (χ3n) is 0.812. The van der Waals surface area contributed by atoms with Gasteiger partial charge in [0.05, 0.1) is 5.54 Å². The lowest BCUT2D eigenvalue weighted by atomic mass is 10.1. The molecule has 3 N–H and O–H groups in total. The SMILES string of the molecule is CCC.CNC(=O)C(C)(C)N. The fraction of sp³-hybridized carbons (Fsp3) is 0.875. The normalized spacial score (nSPS) is 9.64. The summed E-state index contributed by atoms with van der Waals surface area (Å²) in [6, 6.07) is 0. The van der Waals surface area contributed by atoms with Gasteiger partial charge in [-0.2, -0.15) is 0 Å². The number of nitrogens with one attached hydrogen (secondary N) is 1. The van der Waals surface area contributed by atoms with Gasteiger partial charge in [-0.25, -0.2) is 0 Å². The van der Waals surface area contributed by atoms with Crippen LogP contribution in [0, 0.1) is 0 Å². The van der Waals surface area contributed by atoms with Crippen LogP contribution in [0.3, 0.4) is 0 Å². The molecule has 68 valence electrons. The molecule has 0 aliphatic heterocycles. The maximum atomic E-state index is 10.6. The molecule has 0 aromatic rings. The fourth-order valence-corrected chi connectivity index (χ4v) is 0.322. The van der Waals surface area contributed by atoms with Crippen molar-refractivity contribution in [2.75, 3.05) is 7.05 Å². The first-order chi connectivity index (χ1) is 4.90. The fourth-order valence-electron chi connectivity index (χ4n) is 0.322. The smallest absolute Gasteiger partial charge is 0.239 e. The summed E-state index contributed by atoms with van der Waals surface area (Å²) < 4.78 is 0. The molecular formula is C8H20N2O. The van der Waals surface area contributed by atoms with E-state index in [4.69, 9.17) is 5.73 Å². The maximum absolute atomic E-state index is 10.6. The number of hydrogen-bond donors (Lipinski definition) is 2. The Morgan fingerprint density at radius 2 is 1.73 bits per heavy atom. The Morgan fingerprint density at radius 3 is 1.73 bits per heavy atom. The molecule has 3 heteroatoms. The molecule has 0 saturated carbocycles. The van der Waals surface area contributed by atoms with Gasteiger partial charge in [0, 0.05) is 7.05 Å². The average Bonchev–Trinajstić information content (AvgIpc) is 1.86. The molecule has 11 heavy (non-hydrogen) atoms. The topological polar surface area (TPSA) is 55.1 Å². The Labute approximate surface area is 69.4 Å². The number of carbonyl (C=O) groups excluding carboxylic acids is 1. The first-order valence-electron chi connectivity index (χ1n) is 3.91. The zero-order valence-electron chi connectivity index (χ0n) is 8.19. The molecule has 0 spiro atoms. The van der Waals surface area contributed by atoms with E-state index >= 15 is 0 Å². The van der Waals surface area contributed by atoms with Gasteiger partial charge in [-0.3, -0.25) is 4.79 Å². The summed E-state index contributed by atoms with van der Waals surface area (Å²) in [5, 5.41) is 2.44. The van der Waals surface area contributed by atoms with Crippen molar-refractivity contribution in [3.63, 3.8) is 0 Å². The van der Waals surface area contributed by atoms with Crippen LogP contribution in [0.25, 0.3) is 0 Å². The molecule has 0 radical (unpaired) electrons. The molecule has 1 amide bonds. The molecule has 0 atom stereocenters. The highest BCUT2D eigenvalue weighted by molar-refractivity contribution is 5.84. The molecule has 0 bridgehead atoms. The summed E-state index contributed by atoms with van der Waals surface area (Å²) >= 11 is 0. The van der Waals surface area contributed by atoms with Gasteiger partial charge in [-0.05, 0) is 13.8 Å². The zero-order chi connectivity index (χ0) is 9.49. The molecule has 0 unspecified atom stereocenters. The monoisotopic (exact) mass is 160 g/mol. The van der Waals surface area contributed by atoms with Gasteiger partial charge in [0.25, 0.3) is 0 Å². The van der Waals surface area contributed by atoms with E-state index in [0.717, 1.165) is 0 Å². The van der Waals surface area contributed by atoms with E-state index < -0.39 is 5.54 Å². The van der Waals surface area contributed by atoms with Crippen LogP contribution < -0.4 is 11.1 Å². The number of amides is 1. The van der Waals surface area contributed by atoms with Crippen LogP contribution in [0.2, 0.25) is 0 Å².